The first-order valence-electron chi connectivity index (χ1n) is 9.79. The van der Waals surface area contributed by atoms with Gasteiger partial charge in [-0.05, 0) is 51.7 Å². The Balaban J connectivity index is 1.91. The predicted octanol–water partition coefficient (Wildman–Crippen LogP) is 2.10. The SMILES string of the molecule is Cc1c(C(=O)N(C)C2CCN(C)CC2)oc2c1/C(=N\NC(N)=O)CC(C)(C)C2. The van der Waals surface area contributed by atoms with Crippen LogP contribution in [-0.2, 0) is 6.42 Å². The number of nitrogens with two attached hydrogens (primary N) is 1. The summed E-state index contributed by atoms with van der Waals surface area (Å²) in [7, 11) is 3.96. The van der Waals surface area contributed by atoms with Crippen LogP contribution in [0.2, 0.25) is 0 Å². The second-order valence-corrected chi connectivity index (χ2v) is 8.86. The van der Waals surface area contributed by atoms with Crippen LogP contribution in [-0.4, -0.2) is 60.7 Å². The second-order valence-electron chi connectivity index (χ2n) is 8.86. The van der Waals surface area contributed by atoms with E-state index in [1.54, 1.807) is 0 Å². The Bertz CT molecular complexity index is 803. The van der Waals surface area contributed by atoms with Crippen LogP contribution in [0.3, 0.4) is 0 Å². The van der Waals surface area contributed by atoms with E-state index in [1.165, 1.54) is 0 Å². The largest absolute Gasteiger partial charge is 0.455 e. The summed E-state index contributed by atoms with van der Waals surface area (Å²) < 4.78 is 6.08. The van der Waals surface area contributed by atoms with Gasteiger partial charge in [-0.25, -0.2) is 10.2 Å². The normalized spacial score (nSPS) is 21.4. The molecular formula is C20H31N5O3. The third-order valence-electron chi connectivity index (χ3n) is 5.84. The number of furan rings is 1. The summed E-state index contributed by atoms with van der Waals surface area (Å²) in [5, 5.41) is 4.20. The van der Waals surface area contributed by atoms with Crippen molar-refractivity contribution in [1.82, 2.24) is 15.2 Å². The van der Waals surface area contributed by atoms with E-state index in [1.807, 2.05) is 18.9 Å². The van der Waals surface area contributed by atoms with Crippen molar-refractivity contribution in [2.75, 3.05) is 27.2 Å². The molecule has 154 valence electrons. The van der Waals surface area contributed by atoms with Gasteiger partial charge in [0.05, 0.1) is 5.71 Å². The molecule has 8 heteroatoms. The van der Waals surface area contributed by atoms with E-state index < -0.39 is 6.03 Å². The maximum atomic E-state index is 13.2. The van der Waals surface area contributed by atoms with E-state index in [2.05, 4.69) is 36.3 Å². The van der Waals surface area contributed by atoms with E-state index in [-0.39, 0.29) is 17.4 Å². The number of hydrogen-bond acceptors (Lipinski definition) is 5. The highest BCUT2D eigenvalue weighted by Gasteiger charge is 2.37. The van der Waals surface area contributed by atoms with Crippen molar-refractivity contribution in [3.63, 3.8) is 0 Å². The number of hydrogen-bond donors (Lipinski definition) is 2. The Kier molecular flexibility index (Phi) is 5.52. The number of carbonyl (C=O) groups is 2. The number of carbonyl (C=O) groups excluding carboxylic acids is 2. The van der Waals surface area contributed by atoms with Gasteiger partial charge < -0.3 is 20.0 Å². The highest BCUT2D eigenvalue weighted by atomic mass is 16.4. The molecule has 2 heterocycles. The molecule has 1 aromatic heterocycles. The van der Waals surface area contributed by atoms with Crippen molar-refractivity contribution in [2.45, 2.75) is 52.5 Å². The third-order valence-corrected chi connectivity index (χ3v) is 5.84. The summed E-state index contributed by atoms with van der Waals surface area (Å²) in [6, 6.07) is -0.497. The predicted molar refractivity (Wildman–Crippen MR) is 107 cm³/mol. The fourth-order valence-electron chi connectivity index (χ4n) is 4.24. The van der Waals surface area contributed by atoms with E-state index in [0.29, 0.717) is 24.3 Å². The van der Waals surface area contributed by atoms with Crippen LogP contribution in [0.25, 0.3) is 0 Å². The van der Waals surface area contributed by atoms with Crippen molar-refractivity contribution in [1.29, 1.82) is 0 Å². The molecule has 3 N–H and O–H groups in total. The van der Waals surface area contributed by atoms with Gasteiger partial charge >= 0.3 is 6.03 Å². The molecule has 3 amide bonds. The van der Waals surface area contributed by atoms with Gasteiger partial charge in [0, 0.05) is 30.6 Å². The smallest absolute Gasteiger partial charge is 0.332 e. The average Bonchev–Trinajstić information content (AvgIpc) is 2.94. The van der Waals surface area contributed by atoms with Crippen LogP contribution in [0.4, 0.5) is 4.79 Å². The number of nitrogens with one attached hydrogen (secondary N) is 1. The lowest BCUT2D eigenvalue weighted by Gasteiger charge is -2.34. The molecule has 0 unspecified atom stereocenters. The lowest BCUT2D eigenvalue weighted by Crippen LogP contribution is -2.44. The van der Waals surface area contributed by atoms with E-state index in [4.69, 9.17) is 10.2 Å². The maximum Gasteiger partial charge on any atom is 0.332 e. The molecule has 3 rings (SSSR count). The van der Waals surface area contributed by atoms with Crippen LogP contribution in [0.1, 0.15) is 60.6 Å². The van der Waals surface area contributed by atoms with Crippen LogP contribution < -0.4 is 11.2 Å². The zero-order valence-electron chi connectivity index (χ0n) is 17.5. The maximum absolute atomic E-state index is 13.2. The first-order chi connectivity index (χ1) is 13.1. The summed E-state index contributed by atoms with van der Waals surface area (Å²) in [5.74, 6) is 1.02. The molecule has 2 aliphatic rings. The number of amides is 3. The Morgan fingerprint density at radius 1 is 1.29 bits per heavy atom. The van der Waals surface area contributed by atoms with Crippen molar-refractivity contribution in [3.05, 3.63) is 22.6 Å². The molecule has 28 heavy (non-hydrogen) atoms. The molecule has 1 saturated heterocycles. The number of hydrazone groups is 1. The molecule has 0 saturated carbocycles. The van der Waals surface area contributed by atoms with Gasteiger partial charge in [-0.3, -0.25) is 4.79 Å². The summed E-state index contributed by atoms with van der Waals surface area (Å²) >= 11 is 0. The van der Waals surface area contributed by atoms with E-state index in [0.717, 1.165) is 42.8 Å². The Morgan fingerprint density at radius 2 is 1.93 bits per heavy atom. The minimum absolute atomic E-state index is 0.0877. The molecule has 0 bridgehead atoms. The number of piperidine rings is 1. The molecular weight excluding hydrogens is 358 g/mol. The van der Waals surface area contributed by atoms with Gasteiger partial charge in [0.1, 0.15) is 5.76 Å². The highest BCUT2D eigenvalue weighted by Crippen LogP contribution is 2.39. The molecule has 1 aromatic rings. The van der Waals surface area contributed by atoms with Crippen LogP contribution in [0.5, 0.6) is 0 Å². The zero-order valence-corrected chi connectivity index (χ0v) is 17.5. The minimum atomic E-state index is -0.711. The van der Waals surface area contributed by atoms with Gasteiger partial charge in [0.2, 0.25) is 0 Å². The lowest BCUT2D eigenvalue weighted by molar-refractivity contribution is 0.0624. The highest BCUT2D eigenvalue weighted by molar-refractivity contribution is 6.07. The summed E-state index contributed by atoms with van der Waals surface area (Å²) in [4.78, 5) is 28.4. The summed E-state index contributed by atoms with van der Waals surface area (Å²) in [6.07, 6.45) is 3.30. The number of primary amides is 1. The minimum Gasteiger partial charge on any atom is -0.455 e. The molecule has 1 aliphatic carbocycles. The number of rotatable bonds is 3. The molecule has 0 atom stereocenters. The van der Waals surface area contributed by atoms with Crippen LogP contribution in [0, 0.1) is 12.3 Å². The number of urea groups is 1. The number of nitrogens with zero attached hydrogens (tertiary/aromatic N) is 3. The van der Waals surface area contributed by atoms with Gasteiger partial charge in [0.25, 0.3) is 5.91 Å². The monoisotopic (exact) mass is 389 g/mol. The Hall–Kier alpha value is -2.35. The first-order valence-corrected chi connectivity index (χ1v) is 9.79. The van der Waals surface area contributed by atoms with Crippen LogP contribution in [0.15, 0.2) is 9.52 Å². The zero-order chi connectivity index (χ0) is 20.6. The summed E-state index contributed by atoms with van der Waals surface area (Å²) in [6.45, 7) is 8.08. The van der Waals surface area contributed by atoms with Gasteiger partial charge in [0.15, 0.2) is 5.76 Å². The van der Waals surface area contributed by atoms with Crippen molar-refractivity contribution in [3.8, 4) is 0 Å². The quantitative estimate of drug-likeness (QED) is 0.773. The average molecular weight is 390 g/mol. The molecule has 8 nitrogen and oxygen atoms in total. The second kappa shape index (κ2) is 7.58. The molecule has 1 aliphatic heterocycles. The van der Waals surface area contributed by atoms with E-state index in [9.17, 15) is 9.59 Å². The fraction of sp³-hybridized carbons (Fsp3) is 0.650. The lowest BCUT2D eigenvalue weighted by atomic mass is 9.75. The fourth-order valence-corrected chi connectivity index (χ4v) is 4.24. The molecule has 1 fully saturated rings. The standard InChI is InChI=1S/C20H31N5O3/c1-12-16-14(22-23-19(21)27)10-20(2,3)11-15(16)28-17(12)18(26)25(5)13-6-8-24(4)9-7-13/h13H,6-11H2,1-5H3,(H3,21,23,27)/b22-14-. The molecule has 0 aromatic carbocycles. The van der Waals surface area contributed by atoms with Crippen LogP contribution >= 0.6 is 0 Å². The Labute approximate surface area is 166 Å². The summed E-state index contributed by atoms with van der Waals surface area (Å²) in [5.41, 5.74) is 9.72. The first kappa shape index (κ1) is 20.4. The van der Waals surface area contributed by atoms with Gasteiger partial charge in [-0.2, -0.15) is 5.10 Å². The molecule has 0 radical (unpaired) electrons. The third kappa shape index (κ3) is 4.06. The van der Waals surface area contributed by atoms with Gasteiger partial charge in [-0.15, -0.1) is 0 Å². The Morgan fingerprint density at radius 3 is 2.54 bits per heavy atom. The van der Waals surface area contributed by atoms with Gasteiger partial charge in [-0.1, -0.05) is 13.8 Å². The van der Waals surface area contributed by atoms with Crippen molar-refractivity contribution in [2.24, 2.45) is 16.3 Å². The van der Waals surface area contributed by atoms with E-state index >= 15 is 0 Å². The van der Waals surface area contributed by atoms with Crippen molar-refractivity contribution < 1.29 is 14.0 Å². The molecule has 0 spiro atoms. The number of fused-ring (bicyclic) bond motifs is 1. The van der Waals surface area contributed by atoms with Crippen molar-refractivity contribution >= 4 is 17.6 Å². The topological polar surface area (TPSA) is 104 Å². The number of likely N-dealkylation sites (tertiary alicyclic amines) is 1.